The molecule has 148 valence electrons. The van der Waals surface area contributed by atoms with Crippen LogP contribution < -0.4 is 10.2 Å². The second-order valence-electron chi connectivity index (χ2n) is 8.29. The normalized spacial score (nSPS) is 18.2. The molecule has 1 aliphatic carbocycles. The van der Waals surface area contributed by atoms with Crippen molar-refractivity contribution >= 4 is 32.3 Å². The maximum absolute atomic E-state index is 15.0. The van der Waals surface area contributed by atoms with Crippen LogP contribution in [-0.4, -0.2) is 44.8 Å². The van der Waals surface area contributed by atoms with Crippen molar-refractivity contribution in [1.82, 2.24) is 24.9 Å². The number of piperazine rings is 1. The number of thiazole rings is 1. The molecule has 0 atom stereocenters. The molecule has 4 aromatic rings. The van der Waals surface area contributed by atoms with Gasteiger partial charge in [-0.25, -0.2) is 18.9 Å². The molecule has 1 spiro atoms. The first-order chi connectivity index (χ1) is 14.0. The molecule has 0 radical (unpaired) electrons. The minimum absolute atomic E-state index is 0.263. The molecule has 0 amide bonds. The lowest BCUT2D eigenvalue weighted by molar-refractivity contribution is 0.442. The zero-order valence-electron chi connectivity index (χ0n) is 16.4. The van der Waals surface area contributed by atoms with E-state index in [1.54, 1.807) is 21.9 Å². The molecule has 4 heterocycles. The third kappa shape index (κ3) is 2.81. The summed E-state index contributed by atoms with van der Waals surface area (Å²) >= 11 is 1.57. The summed E-state index contributed by atoms with van der Waals surface area (Å²) in [5, 5.41) is 9.17. The Balaban J connectivity index is 1.42. The number of imidazole rings is 1. The first kappa shape index (κ1) is 17.3. The summed E-state index contributed by atoms with van der Waals surface area (Å²) in [6.07, 6.45) is 4.33. The monoisotopic (exact) mass is 408 g/mol. The van der Waals surface area contributed by atoms with Crippen molar-refractivity contribution in [1.29, 1.82) is 0 Å². The first-order valence-corrected chi connectivity index (χ1v) is 10.8. The van der Waals surface area contributed by atoms with E-state index < -0.39 is 0 Å². The maximum Gasteiger partial charge on any atom is 0.186 e. The Kier molecular flexibility index (Phi) is 3.56. The topological polar surface area (TPSA) is 58.4 Å². The number of rotatable bonds is 2. The number of aryl methyl sites for hydroxylation is 2. The molecule has 2 aliphatic rings. The van der Waals surface area contributed by atoms with Crippen molar-refractivity contribution in [2.45, 2.75) is 32.2 Å². The van der Waals surface area contributed by atoms with Crippen molar-refractivity contribution in [2.75, 3.05) is 24.5 Å². The van der Waals surface area contributed by atoms with Crippen LogP contribution in [0.4, 0.5) is 9.52 Å². The highest BCUT2D eigenvalue weighted by Crippen LogP contribution is 2.41. The number of halogens is 1. The molecule has 1 saturated carbocycles. The molecule has 0 unspecified atom stereocenters. The maximum atomic E-state index is 15.0. The van der Waals surface area contributed by atoms with Crippen LogP contribution in [0, 0.1) is 19.7 Å². The summed E-state index contributed by atoms with van der Waals surface area (Å²) < 4.78 is 17.6. The van der Waals surface area contributed by atoms with Gasteiger partial charge in [-0.3, -0.25) is 0 Å². The molecular formula is C21H21FN6S. The third-order valence-corrected chi connectivity index (χ3v) is 7.03. The van der Waals surface area contributed by atoms with Gasteiger partial charge in [-0.05, 0) is 50.5 Å². The highest BCUT2D eigenvalue weighted by atomic mass is 32.1. The van der Waals surface area contributed by atoms with E-state index in [2.05, 4.69) is 25.3 Å². The van der Waals surface area contributed by atoms with E-state index in [4.69, 9.17) is 0 Å². The summed E-state index contributed by atoms with van der Waals surface area (Å²) in [6, 6.07) is 5.52. The molecule has 29 heavy (non-hydrogen) atoms. The van der Waals surface area contributed by atoms with Crippen LogP contribution in [0.5, 0.6) is 0 Å². The zero-order valence-corrected chi connectivity index (χ0v) is 17.2. The largest absolute Gasteiger partial charge is 0.345 e. The summed E-state index contributed by atoms with van der Waals surface area (Å²) in [4.78, 5) is 11.4. The van der Waals surface area contributed by atoms with Gasteiger partial charge in [0.2, 0.25) is 0 Å². The minimum atomic E-state index is -0.294. The smallest absolute Gasteiger partial charge is 0.186 e. The van der Waals surface area contributed by atoms with Gasteiger partial charge >= 0.3 is 0 Å². The van der Waals surface area contributed by atoms with Gasteiger partial charge in [0, 0.05) is 30.7 Å². The minimum Gasteiger partial charge on any atom is -0.345 e. The van der Waals surface area contributed by atoms with E-state index in [1.165, 1.54) is 12.8 Å². The Labute approximate surface area is 171 Å². The van der Waals surface area contributed by atoms with Gasteiger partial charge in [0.05, 0.1) is 22.3 Å². The van der Waals surface area contributed by atoms with Gasteiger partial charge in [-0.15, -0.1) is 0 Å². The van der Waals surface area contributed by atoms with E-state index in [0.29, 0.717) is 5.52 Å². The van der Waals surface area contributed by atoms with E-state index in [0.717, 1.165) is 57.6 Å². The molecule has 1 N–H and O–H groups in total. The fourth-order valence-electron chi connectivity index (χ4n) is 4.25. The third-order valence-electron chi connectivity index (χ3n) is 5.96. The summed E-state index contributed by atoms with van der Waals surface area (Å²) in [5.41, 5.74) is 4.98. The number of nitrogens with one attached hydrogen (secondary N) is 1. The molecular weight excluding hydrogens is 387 g/mol. The lowest BCUT2D eigenvalue weighted by Crippen LogP contribution is -2.52. The predicted octanol–water partition coefficient (Wildman–Crippen LogP) is 3.70. The van der Waals surface area contributed by atoms with Crippen LogP contribution in [0.2, 0.25) is 0 Å². The van der Waals surface area contributed by atoms with Crippen LogP contribution in [0.3, 0.4) is 0 Å². The van der Waals surface area contributed by atoms with Crippen LogP contribution in [-0.2, 0) is 0 Å². The average molecular weight is 409 g/mol. The standard InChI is InChI=1S/C21H21FN6S/c1-12-7-16(26-28-10-13(2)24-19(12)28)14-8-15(22)18-17(9-14)29-20(25-18)27-6-5-23-21(11-27)3-4-21/h7-10,23H,3-6,11H2,1-2H3. The molecule has 2 fully saturated rings. The second kappa shape index (κ2) is 5.96. The quantitative estimate of drug-likeness (QED) is 0.548. The molecule has 1 aliphatic heterocycles. The average Bonchev–Trinajstić information content (AvgIpc) is 3.13. The Morgan fingerprint density at radius 2 is 2.03 bits per heavy atom. The summed E-state index contributed by atoms with van der Waals surface area (Å²) in [5.74, 6) is -0.294. The second-order valence-corrected chi connectivity index (χ2v) is 9.30. The first-order valence-electron chi connectivity index (χ1n) is 9.94. The Bertz CT molecular complexity index is 1270. The van der Waals surface area contributed by atoms with E-state index >= 15 is 0 Å². The van der Waals surface area contributed by atoms with Crippen molar-refractivity contribution in [3.63, 3.8) is 0 Å². The Morgan fingerprint density at radius 1 is 1.17 bits per heavy atom. The number of aromatic nitrogens is 4. The molecule has 3 aromatic heterocycles. The number of fused-ring (bicyclic) bond motifs is 2. The van der Waals surface area contributed by atoms with E-state index in [9.17, 15) is 4.39 Å². The molecule has 1 aromatic carbocycles. The van der Waals surface area contributed by atoms with E-state index in [-0.39, 0.29) is 11.4 Å². The van der Waals surface area contributed by atoms with Crippen molar-refractivity contribution in [3.05, 3.63) is 41.5 Å². The van der Waals surface area contributed by atoms with Gasteiger partial charge in [0.15, 0.2) is 16.6 Å². The van der Waals surface area contributed by atoms with Gasteiger partial charge in [0.1, 0.15) is 5.52 Å². The number of hydrogen-bond acceptors (Lipinski definition) is 6. The molecule has 0 bridgehead atoms. The molecule has 8 heteroatoms. The lowest BCUT2D eigenvalue weighted by atomic mass is 10.1. The molecule has 1 saturated heterocycles. The van der Waals surface area contributed by atoms with Gasteiger partial charge < -0.3 is 10.2 Å². The highest BCUT2D eigenvalue weighted by Gasteiger charge is 2.46. The lowest BCUT2D eigenvalue weighted by Gasteiger charge is -2.33. The van der Waals surface area contributed by atoms with Crippen LogP contribution in [0.25, 0.3) is 27.1 Å². The van der Waals surface area contributed by atoms with Crippen LogP contribution >= 0.6 is 11.3 Å². The summed E-state index contributed by atoms with van der Waals surface area (Å²) in [7, 11) is 0. The van der Waals surface area contributed by atoms with Gasteiger partial charge in [0.25, 0.3) is 0 Å². The highest BCUT2D eigenvalue weighted by molar-refractivity contribution is 7.22. The van der Waals surface area contributed by atoms with Crippen LogP contribution in [0.15, 0.2) is 24.4 Å². The van der Waals surface area contributed by atoms with Crippen molar-refractivity contribution < 1.29 is 4.39 Å². The Hall–Kier alpha value is -2.58. The Morgan fingerprint density at radius 3 is 2.86 bits per heavy atom. The van der Waals surface area contributed by atoms with Gasteiger partial charge in [-0.2, -0.15) is 5.10 Å². The number of benzene rings is 1. The van der Waals surface area contributed by atoms with Gasteiger partial charge in [-0.1, -0.05) is 11.3 Å². The number of hydrogen-bond donors (Lipinski definition) is 1. The fraction of sp³-hybridized carbons (Fsp3) is 0.381. The van der Waals surface area contributed by atoms with Crippen molar-refractivity contribution in [2.24, 2.45) is 0 Å². The van der Waals surface area contributed by atoms with Crippen LogP contribution in [0.1, 0.15) is 24.1 Å². The summed E-state index contributed by atoms with van der Waals surface area (Å²) in [6.45, 7) is 6.77. The number of nitrogens with zero attached hydrogens (tertiary/aromatic N) is 5. The fourth-order valence-corrected chi connectivity index (χ4v) is 5.30. The SMILES string of the molecule is Cc1cn2nc(-c3cc(F)c4nc(N5CCNC6(CC6)C5)sc4c3)cc(C)c2n1. The van der Waals surface area contributed by atoms with Crippen molar-refractivity contribution in [3.8, 4) is 11.3 Å². The molecule has 6 rings (SSSR count). The number of anilines is 1. The zero-order chi connectivity index (χ0) is 19.8. The van der Waals surface area contributed by atoms with E-state index in [1.807, 2.05) is 32.2 Å². The predicted molar refractivity (Wildman–Crippen MR) is 113 cm³/mol. The molecule has 6 nitrogen and oxygen atoms in total.